The molecule has 0 saturated carbocycles. The van der Waals surface area contributed by atoms with Crippen LogP contribution in [-0.2, 0) is 6.54 Å². The van der Waals surface area contributed by atoms with E-state index < -0.39 is 0 Å². The van der Waals surface area contributed by atoms with E-state index in [2.05, 4.69) is 25.3 Å². The average Bonchev–Trinajstić information content (AvgIpc) is 2.85. The van der Waals surface area contributed by atoms with E-state index in [0.717, 1.165) is 35.4 Å². The van der Waals surface area contributed by atoms with Gasteiger partial charge in [-0.25, -0.2) is 4.98 Å². The number of fused-ring (bicyclic) bond motifs is 1. The molecule has 1 heterocycles. The van der Waals surface area contributed by atoms with E-state index >= 15 is 0 Å². The zero-order chi connectivity index (χ0) is 16.3. The lowest BCUT2D eigenvalue weighted by Crippen LogP contribution is -2.18. The maximum atomic E-state index is 7.44. The van der Waals surface area contributed by atoms with Crippen molar-refractivity contribution in [1.82, 2.24) is 9.55 Å². The van der Waals surface area contributed by atoms with Crippen molar-refractivity contribution in [3.63, 3.8) is 0 Å². The summed E-state index contributed by atoms with van der Waals surface area (Å²) in [6, 6.07) is 5.87. The van der Waals surface area contributed by atoms with Crippen LogP contribution in [0.3, 0.4) is 0 Å². The minimum absolute atomic E-state index is 0.0666. The molecular formula is C17H25N5. The molecule has 0 saturated heterocycles. The molecule has 1 aromatic heterocycles. The Balaban J connectivity index is 2.55. The van der Waals surface area contributed by atoms with Crippen molar-refractivity contribution in [1.29, 1.82) is 5.41 Å². The maximum Gasteiger partial charge on any atom is 0.126 e. The van der Waals surface area contributed by atoms with Gasteiger partial charge in [0.15, 0.2) is 0 Å². The van der Waals surface area contributed by atoms with Crippen LogP contribution in [0, 0.1) is 11.3 Å². The first kappa shape index (κ1) is 16.2. The Morgan fingerprint density at radius 1 is 1.41 bits per heavy atom. The summed E-state index contributed by atoms with van der Waals surface area (Å²) in [4.78, 5) is 4.72. The van der Waals surface area contributed by atoms with E-state index in [0.29, 0.717) is 11.5 Å². The van der Waals surface area contributed by atoms with Gasteiger partial charge in [0, 0.05) is 24.5 Å². The summed E-state index contributed by atoms with van der Waals surface area (Å²) < 4.78 is 2.16. The van der Waals surface area contributed by atoms with Gasteiger partial charge in [0.25, 0.3) is 0 Å². The Kier molecular flexibility index (Phi) is 4.98. The molecule has 0 bridgehead atoms. The lowest BCUT2D eigenvalue weighted by atomic mass is 10.0. The van der Waals surface area contributed by atoms with Gasteiger partial charge in [-0.15, -0.1) is 0 Å². The molecule has 118 valence electrons. The van der Waals surface area contributed by atoms with Crippen LogP contribution in [0.2, 0.25) is 0 Å². The number of aromatic nitrogens is 2. The van der Waals surface area contributed by atoms with Gasteiger partial charge in [0.1, 0.15) is 5.82 Å². The molecule has 0 amide bonds. The summed E-state index contributed by atoms with van der Waals surface area (Å²) in [6.07, 6.45) is 3.62. The smallest absolute Gasteiger partial charge is 0.126 e. The molecular weight excluding hydrogens is 274 g/mol. The molecule has 22 heavy (non-hydrogen) atoms. The Morgan fingerprint density at radius 2 is 2.14 bits per heavy atom. The number of hydrogen-bond donors (Lipinski definition) is 3. The molecule has 0 radical (unpaired) electrons. The molecule has 0 aliphatic heterocycles. The van der Waals surface area contributed by atoms with E-state index in [1.165, 1.54) is 12.4 Å². The second kappa shape index (κ2) is 6.75. The van der Waals surface area contributed by atoms with Crippen molar-refractivity contribution >= 4 is 22.8 Å². The predicted molar refractivity (Wildman–Crippen MR) is 92.7 cm³/mol. The quantitative estimate of drug-likeness (QED) is 0.715. The summed E-state index contributed by atoms with van der Waals surface area (Å²) in [5.74, 6) is 1.46. The van der Waals surface area contributed by atoms with Gasteiger partial charge in [0.05, 0.1) is 17.1 Å². The molecule has 5 nitrogen and oxygen atoms in total. The van der Waals surface area contributed by atoms with Crippen molar-refractivity contribution in [3.05, 3.63) is 35.8 Å². The maximum absolute atomic E-state index is 7.44. The zero-order valence-corrected chi connectivity index (χ0v) is 13.5. The monoisotopic (exact) mass is 299 g/mol. The first-order chi connectivity index (χ1) is 10.5. The second-order valence-corrected chi connectivity index (χ2v) is 5.92. The standard InChI is InChI=1S/C17H25N5/c1-4-22-16-8-12(13(9-18)10-19)5-6-15(16)21-17(22)14(20)7-11(2)3/h5-6,8-11,14,18H,4,7,19-20H2,1-3H3/b13-10+,18-9?. The van der Waals surface area contributed by atoms with Gasteiger partial charge >= 0.3 is 0 Å². The van der Waals surface area contributed by atoms with E-state index in [9.17, 15) is 0 Å². The first-order valence-corrected chi connectivity index (χ1v) is 7.70. The molecule has 0 spiro atoms. The highest BCUT2D eigenvalue weighted by Gasteiger charge is 2.17. The Labute approximate surface area is 131 Å². The van der Waals surface area contributed by atoms with E-state index in [1.54, 1.807) is 0 Å². The normalized spacial score (nSPS) is 13.8. The largest absolute Gasteiger partial charge is 0.404 e. The number of nitrogens with two attached hydrogens (primary N) is 2. The number of nitrogens with zero attached hydrogens (tertiary/aromatic N) is 2. The number of nitrogens with one attached hydrogen (secondary N) is 1. The molecule has 0 aliphatic carbocycles. The number of imidazole rings is 1. The van der Waals surface area contributed by atoms with Crippen LogP contribution in [0.1, 0.15) is 44.6 Å². The topological polar surface area (TPSA) is 93.7 Å². The molecule has 2 aromatic rings. The van der Waals surface area contributed by atoms with Crippen molar-refractivity contribution in [3.8, 4) is 0 Å². The van der Waals surface area contributed by atoms with Gasteiger partial charge < -0.3 is 21.4 Å². The number of aryl methyl sites for hydroxylation is 1. The van der Waals surface area contributed by atoms with E-state index in [4.69, 9.17) is 21.9 Å². The Bertz CT molecular complexity index is 696. The summed E-state index contributed by atoms with van der Waals surface area (Å²) >= 11 is 0. The lowest BCUT2D eigenvalue weighted by Gasteiger charge is -2.15. The van der Waals surface area contributed by atoms with Crippen molar-refractivity contribution in [2.45, 2.75) is 39.8 Å². The number of benzene rings is 1. The number of rotatable bonds is 6. The second-order valence-electron chi connectivity index (χ2n) is 5.92. The fourth-order valence-corrected chi connectivity index (χ4v) is 2.78. The van der Waals surface area contributed by atoms with Crippen LogP contribution in [0.15, 0.2) is 24.4 Å². The van der Waals surface area contributed by atoms with E-state index in [1.807, 2.05) is 18.2 Å². The summed E-state index contributed by atoms with van der Waals surface area (Å²) in [6.45, 7) is 7.24. The highest BCUT2D eigenvalue weighted by Crippen LogP contribution is 2.26. The molecule has 1 aromatic carbocycles. The van der Waals surface area contributed by atoms with Crippen LogP contribution in [-0.4, -0.2) is 15.8 Å². The third kappa shape index (κ3) is 3.04. The van der Waals surface area contributed by atoms with Gasteiger partial charge in [-0.2, -0.15) is 0 Å². The SMILES string of the molecule is CCn1c(C(N)CC(C)C)nc2ccc(/C(C=N)=C/N)cc21. The summed E-state index contributed by atoms with van der Waals surface area (Å²) in [5, 5.41) is 7.44. The van der Waals surface area contributed by atoms with Crippen molar-refractivity contribution in [2.75, 3.05) is 0 Å². The average molecular weight is 299 g/mol. The lowest BCUT2D eigenvalue weighted by molar-refractivity contribution is 0.479. The zero-order valence-electron chi connectivity index (χ0n) is 13.5. The highest BCUT2D eigenvalue weighted by molar-refractivity contribution is 6.09. The van der Waals surface area contributed by atoms with Crippen molar-refractivity contribution in [2.24, 2.45) is 17.4 Å². The number of hydrogen-bond acceptors (Lipinski definition) is 4. The fourth-order valence-electron chi connectivity index (χ4n) is 2.78. The predicted octanol–water partition coefficient (Wildman–Crippen LogP) is 3.05. The van der Waals surface area contributed by atoms with E-state index in [-0.39, 0.29) is 6.04 Å². The minimum atomic E-state index is -0.0666. The molecule has 0 aliphatic rings. The van der Waals surface area contributed by atoms with Gasteiger partial charge in [0.2, 0.25) is 0 Å². The van der Waals surface area contributed by atoms with Gasteiger partial charge in [-0.3, -0.25) is 0 Å². The van der Waals surface area contributed by atoms with Gasteiger partial charge in [-0.05, 0) is 37.0 Å². The number of allylic oxidation sites excluding steroid dienone is 1. The van der Waals surface area contributed by atoms with Crippen LogP contribution < -0.4 is 11.5 Å². The molecule has 1 atom stereocenters. The molecule has 2 rings (SSSR count). The van der Waals surface area contributed by atoms with Crippen molar-refractivity contribution < 1.29 is 0 Å². The highest BCUT2D eigenvalue weighted by atomic mass is 15.1. The van der Waals surface area contributed by atoms with Crippen LogP contribution in [0.4, 0.5) is 0 Å². The summed E-state index contributed by atoms with van der Waals surface area (Å²) in [7, 11) is 0. The first-order valence-electron chi connectivity index (χ1n) is 7.70. The fraction of sp³-hybridized carbons (Fsp3) is 0.412. The minimum Gasteiger partial charge on any atom is -0.404 e. The third-order valence-electron chi connectivity index (χ3n) is 3.82. The third-order valence-corrected chi connectivity index (χ3v) is 3.82. The molecule has 0 fully saturated rings. The van der Waals surface area contributed by atoms with Crippen LogP contribution >= 0.6 is 0 Å². The Morgan fingerprint density at radius 3 is 2.68 bits per heavy atom. The summed E-state index contributed by atoms with van der Waals surface area (Å²) in [5.41, 5.74) is 15.5. The molecule has 1 unspecified atom stereocenters. The van der Waals surface area contributed by atoms with Crippen LogP contribution in [0.25, 0.3) is 16.6 Å². The van der Waals surface area contributed by atoms with Crippen LogP contribution in [0.5, 0.6) is 0 Å². The molecule has 5 heteroatoms. The molecule has 5 N–H and O–H groups in total. The Hall–Kier alpha value is -2.14. The van der Waals surface area contributed by atoms with Gasteiger partial charge in [-0.1, -0.05) is 19.9 Å².